The summed E-state index contributed by atoms with van der Waals surface area (Å²) in [5, 5.41) is 7.94. The maximum absolute atomic E-state index is 5.87. The van der Waals surface area contributed by atoms with Gasteiger partial charge in [-0.1, -0.05) is 0 Å². The van der Waals surface area contributed by atoms with Crippen LogP contribution in [0, 0.1) is 0 Å². The molecule has 0 saturated carbocycles. The molecule has 6 nitrogen and oxygen atoms in total. The largest absolute Gasteiger partial charge is 0.369 e. The maximum Gasteiger partial charge on any atom is 0.139 e. The topological polar surface area (TPSA) is 56.9 Å². The number of hydrogen-bond acceptors (Lipinski definition) is 4. The van der Waals surface area contributed by atoms with E-state index in [1.165, 1.54) is 0 Å². The number of ether oxygens (including phenoxy) is 1. The van der Waals surface area contributed by atoms with Crippen LogP contribution in [0.3, 0.4) is 0 Å². The van der Waals surface area contributed by atoms with Crippen molar-refractivity contribution >= 4 is 15.9 Å². The SMILES string of the molecule is CC(Cn1cc(Br)cn1)N[C@H]1CCO[C@@H]1c1nccn1C. The van der Waals surface area contributed by atoms with Gasteiger partial charge in [0.15, 0.2) is 0 Å². The zero-order valence-electron chi connectivity index (χ0n) is 12.2. The summed E-state index contributed by atoms with van der Waals surface area (Å²) in [6.07, 6.45) is 8.60. The summed E-state index contributed by atoms with van der Waals surface area (Å²) in [6, 6.07) is 0.603. The smallest absolute Gasteiger partial charge is 0.139 e. The van der Waals surface area contributed by atoms with Crippen molar-refractivity contribution < 1.29 is 4.74 Å². The van der Waals surface area contributed by atoms with E-state index in [0.717, 1.165) is 29.9 Å². The molecule has 0 aromatic carbocycles. The summed E-state index contributed by atoms with van der Waals surface area (Å²) < 4.78 is 10.8. The second-order valence-electron chi connectivity index (χ2n) is 5.53. The average molecular weight is 354 g/mol. The number of imidazole rings is 1. The predicted molar refractivity (Wildman–Crippen MR) is 82.8 cm³/mol. The molecule has 1 aliphatic rings. The van der Waals surface area contributed by atoms with Crippen LogP contribution in [0.1, 0.15) is 25.3 Å². The molecular formula is C14H20BrN5O. The Bertz CT molecular complexity index is 596. The van der Waals surface area contributed by atoms with Crippen LogP contribution in [-0.4, -0.2) is 38.0 Å². The molecule has 1 saturated heterocycles. The van der Waals surface area contributed by atoms with E-state index in [1.807, 2.05) is 41.1 Å². The Morgan fingerprint density at radius 3 is 3.10 bits per heavy atom. The van der Waals surface area contributed by atoms with Crippen LogP contribution in [-0.2, 0) is 18.3 Å². The molecule has 0 aliphatic carbocycles. The minimum atomic E-state index is 0.0248. The molecule has 1 fully saturated rings. The van der Waals surface area contributed by atoms with Gasteiger partial charge in [0.1, 0.15) is 11.9 Å². The van der Waals surface area contributed by atoms with Gasteiger partial charge in [0.25, 0.3) is 0 Å². The van der Waals surface area contributed by atoms with Gasteiger partial charge in [0.05, 0.1) is 17.2 Å². The first kappa shape index (κ1) is 14.7. The predicted octanol–water partition coefficient (Wildman–Crippen LogP) is 1.89. The van der Waals surface area contributed by atoms with Gasteiger partial charge >= 0.3 is 0 Å². The van der Waals surface area contributed by atoms with Crippen LogP contribution in [0.4, 0.5) is 0 Å². The van der Waals surface area contributed by atoms with E-state index >= 15 is 0 Å². The molecule has 0 bridgehead atoms. The van der Waals surface area contributed by atoms with Crippen molar-refractivity contribution in [3.63, 3.8) is 0 Å². The van der Waals surface area contributed by atoms with Crippen LogP contribution in [0.5, 0.6) is 0 Å². The first-order chi connectivity index (χ1) is 10.1. The number of rotatable bonds is 5. The van der Waals surface area contributed by atoms with E-state index in [4.69, 9.17) is 4.74 Å². The number of nitrogens with one attached hydrogen (secondary N) is 1. The first-order valence-electron chi connectivity index (χ1n) is 7.16. The highest BCUT2D eigenvalue weighted by Gasteiger charge is 2.33. The molecule has 114 valence electrons. The van der Waals surface area contributed by atoms with Gasteiger partial charge in [-0.3, -0.25) is 4.68 Å². The summed E-state index contributed by atoms with van der Waals surface area (Å²) >= 11 is 3.42. The van der Waals surface area contributed by atoms with Crippen molar-refractivity contribution in [2.75, 3.05) is 6.61 Å². The summed E-state index contributed by atoms with van der Waals surface area (Å²) in [4.78, 5) is 4.42. The molecule has 3 heterocycles. The van der Waals surface area contributed by atoms with Gasteiger partial charge in [0.2, 0.25) is 0 Å². The lowest BCUT2D eigenvalue weighted by atomic mass is 10.1. The fraction of sp³-hybridized carbons (Fsp3) is 0.571. The molecule has 7 heteroatoms. The first-order valence-corrected chi connectivity index (χ1v) is 7.95. The van der Waals surface area contributed by atoms with Crippen LogP contribution < -0.4 is 5.32 Å². The van der Waals surface area contributed by atoms with Gasteiger partial charge in [-0.2, -0.15) is 5.10 Å². The fourth-order valence-corrected chi connectivity index (χ4v) is 3.13. The summed E-state index contributed by atoms with van der Waals surface area (Å²) in [5.74, 6) is 0.985. The Morgan fingerprint density at radius 2 is 2.43 bits per heavy atom. The lowest BCUT2D eigenvalue weighted by molar-refractivity contribution is 0.0870. The fourth-order valence-electron chi connectivity index (χ4n) is 2.80. The minimum absolute atomic E-state index is 0.0248. The van der Waals surface area contributed by atoms with E-state index in [9.17, 15) is 0 Å². The van der Waals surface area contributed by atoms with E-state index in [2.05, 4.69) is 38.3 Å². The molecule has 2 aromatic heterocycles. The van der Waals surface area contributed by atoms with Crippen molar-refractivity contribution in [1.29, 1.82) is 0 Å². The molecule has 21 heavy (non-hydrogen) atoms. The van der Waals surface area contributed by atoms with Gasteiger partial charge in [-0.25, -0.2) is 4.98 Å². The van der Waals surface area contributed by atoms with Crippen LogP contribution >= 0.6 is 15.9 Å². The van der Waals surface area contributed by atoms with E-state index < -0.39 is 0 Å². The highest BCUT2D eigenvalue weighted by molar-refractivity contribution is 9.10. The molecule has 1 aliphatic heterocycles. The Kier molecular flexibility index (Phi) is 4.42. The van der Waals surface area contributed by atoms with Crippen molar-refractivity contribution in [2.24, 2.45) is 7.05 Å². The zero-order valence-corrected chi connectivity index (χ0v) is 13.8. The third-order valence-corrected chi connectivity index (χ3v) is 4.18. The molecule has 2 aromatic rings. The van der Waals surface area contributed by atoms with Crippen molar-refractivity contribution in [1.82, 2.24) is 24.6 Å². The van der Waals surface area contributed by atoms with Gasteiger partial charge in [-0.15, -0.1) is 0 Å². The Morgan fingerprint density at radius 1 is 1.57 bits per heavy atom. The van der Waals surface area contributed by atoms with Crippen molar-refractivity contribution in [3.05, 3.63) is 35.1 Å². The van der Waals surface area contributed by atoms with Gasteiger partial charge in [-0.05, 0) is 29.3 Å². The molecule has 0 amide bonds. The number of hydrogen-bond donors (Lipinski definition) is 1. The number of aryl methyl sites for hydroxylation is 1. The third-order valence-electron chi connectivity index (χ3n) is 3.77. The van der Waals surface area contributed by atoms with Crippen LogP contribution in [0.15, 0.2) is 29.3 Å². The normalized spacial score (nSPS) is 23.6. The quantitative estimate of drug-likeness (QED) is 0.891. The van der Waals surface area contributed by atoms with Gasteiger partial charge in [0, 0.05) is 44.3 Å². The zero-order chi connectivity index (χ0) is 14.8. The summed E-state index contributed by atoms with van der Waals surface area (Å²) in [5.41, 5.74) is 0. The maximum atomic E-state index is 5.87. The molecular weight excluding hydrogens is 334 g/mol. The minimum Gasteiger partial charge on any atom is -0.369 e. The molecule has 3 atom stereocenters. The monoisotopic (exact) mass is 353 g/mol. The highest BCUT2D eigenvalue weighted by Crippen LogP contribution is 2.28. The van der Waals surface area contributed by atoms with Crippen molar-refractivity contribution in [2.45, 2.75) is 38.1 Å². The number of nitrogens with zero attached hydrogens (tertiary/aromatic N) is 4. The van der Waals surface area contributed by atoms with Crippen LogP contribution in [0.25, 0.3) is 0 Å². The lowest BCUT2D eigenvalue weighted by Crippen LogP contribution is -2.41. The summed E-state index contributed by atoms with van der Waals surface area (Å²) in [6.45, 7) is 3.77. The number of halogens is 1. The van der Waals surface area contributed by atoms with E-state index in [-0.39, 0.29) is 6.10 Å². The van der Waals surface area contributed by atoms with E-state index in [1.54, 1.807) is 0 Å². The highest BCUT2D eigenvalue weighted by atomic mass is 79.9. The van der Waals surface area contributed by atoms with Gasteiger partial charge < -0.3 is 14.6 Å². The molecule has 0 radical (unpaired) electrons. The van der Waals surface area contributed by atoms with Crippen LogP contribution in [0.2, 0.25) is 0 Å². The second-order valence-corrected chi connectivity index (χ2v) is 6.45. The Labute approximate surface area is 132 Å². The summed E-state index contributed by atoms with van der Waals surface area (Å²) in [7, 11) is 2.01. The Balaban J connectivity index is 1.62. The number of aromatic nitrogens is 4. The molecule has 1 unspecified atom stereocenters. The molecule has 3 rings (SSSR count). The Hall–Kier alpha value is -1.18. The van der Waals surface area contributed by atoms with Crippen molar-refractivity contribution in [3.8, 4) is 0 Å². The second kappa shape index (κ2) is 6.29. The standard InChI is InChI=1S/C14H20BrN5O/c1-10(8-20-9-11(15)7-17-20)18-12-3-6-21-13(12)14-16-4-5-19(14)2/h4-5,7,9-10,12-13,18H,3,6,8H2,1-2H3/t10?,12-,13-/m0/s1. The third kappa shape index (κ3) is 3.36. The molecule has 1 N–H and O–H groups in total. The molecule has 0 spiro atoms. The average Bonchev–Trinajstić information content (AvgIpc) is 3.12. The van der Waals surface area contributed by atoms with E-state index in [0.29, 0.717) is 12.1 Å². The lowest BCUT2D eigenvalue weighted by Gasteiger charge is -2.23.